The minimum Gasteiger partial charge on any atom is -0.301 e. The highest BCUT2D eigenvalue weighted by Crippen LogP contribution is 2.54. The molecule has 4 heterocycles. The van der Waals surface area contributed by atoms with Crippen LogP contribution in [-0.4, -0.2) is 48.0 Å². The van der Waals surface area contributed by atoms with Crippen LogP contribution in [0.15, 0.2) is 109 Å². The van der Waals surface area contributed by atoms with Crippen LogP contribution in [0.4, 0.5) is 11.4 Å². The van der Waals surface area contributed by atoms with Crippen molar-refractivity contribution in [2.45, 2.75) is 182 Å². The maximum atomic E-state index is 16.1. The molecule has 0 unspecified atom stereocenters. The van der Waals surface area contributed by atoms with E-state index in [4.69, 9.17) is 9.68 Å². The Kier molecular flexibility index (Phi) is 13.6. The molecular formula is C82H84N4O6. The molecule has 9 aromatic rings. The second kappa shape index (κ2) is 20.0. The number of fused-ring (bicyclic) bond motifs is 4. The minimum atomic E-state index is -0.498. The average molecular weight is 1220 g/mol. The van der Waals surface area contributed by atoms with Gasteiger partial charge in [0, 0.05) is 65.7 Å². The topological polar surface area (TPSA) is 99.7 Å². The molecule has 0 aliphatic carbocycles. The van der Waals surface area contributed by atoms with Crippen molar-refractivity contribution in [3.63, 3.8) is 0 Å². The number of imide groups is 2. The first-order valence-electron chi connectivity index (χ1n) is 32.2. The molecular weight excluding hydrogens is 1140 g/mol. The van der Waals surface area contributed by atoms with Gasteiger partial charge in [-0.2, -0.15) is 10.1 Å². The molecule has 0 saturated heterocycles. The van der Waals surface area contributed by atoms with Gasteiger partial charge in [-0.1, -0.05) is 155 Å². The highest BCUT2D eigenvalue weighted by atomic mass is 16.7. The van der Waals surface area contributed by atoms with Gasteiger partial charge in [0.15, 0.2) is 0 Å². The van der Waals surface area contributed by atoms with Crippen LogP contribution in [0, 0.1) is 23.7 Å². The Balaban J connectivity index is 1.15. The third-order valence-electron chi connectivity index (χ3n) is 20.4. The molecule has 0 fully saturated rings. The summed E-state index contributed by atoms with van der Waals surface area (Å²) in [5, 5.41) is 9.19. The Bertz CT molecular complexity index is 4630. The summed E-state index contributed by atoms with van der Waals surface area (Å²) in [7, 11) is 3.42. The van der Waals surface area contributed by atoms with Gasteiger partial charge in [-0.3, -0.25) is 19.2 Å². The number of hydroxylamine groups is 4. The van der Waals surface area contributed by atoms with Crippen molar-refractivity contribution >= 4 is 78.1 Å². The van der Waals surface area contributed by atoms with Gasteiger partial charge in [0.2, 0.25) is 0 Å². The van der Waals surface area contributed by atoms with Crippen molar-refractivity contribution in [2.24, 2.45) is 0 Å². The Hall–Kier alpha value is -8.48. The summed E-state index contributed by atoms with van der Waals surface area (Å²) in [6, 6.07) is 36.3. The first kappa shape index (κ1) is 62.3. The molecule has 0 radical (unpaired) electrons. The third kappa shape index (κ3) is 8.91. The lowest BCUT2D eigenvalue weighted by molar-refractivity contribution is -0.241. The molecule has 0 atom stereocenters. The van der Waals surface area contributed by atoms with Crippen molar-refractivity contribution in [1.82, 2.24) is 10.1 Å². The number of rotatable bonds is 4. The second-order valence-corrected chi connectivity index (χ2v) is 32.1. The van der Waals surface area contributed by atoms with Crippen molar-refractivity contribution in [3.8, 4) is 23.7 Å². The highest BCUT2D eigenvalue weighted by Gasteiger charge is 2.52. The number of benzene rings is 9. The summed E-state index contributed by atoms with van der Waals surface area (Å²) in [6.45, 7) is 42.6. The zero-order valence-corrected chi connectivity index (χ0v) is 57.6. The van der Waals surface area contributed by atoms with Gasteiger partial charge in [-0.05, 0) is 193 Å². The van der Waals surface area contributed by atoms with Crippen molar-refractivity contribution < 1.29 is 28.9 Å². The summed E-state index contributed by atoms with van der Waals surface area (Å²) in [6.07, 6.45) is 0. The summed E-state index contributed by atoms with van der Waals surface area (Å²) in [5.41, 5.74) is 9.90. The second-order valence-electron chi connectivity index (χ2n) is 32.1. The number of nitrogens with zero attached hydrogens (tertiary/aromatic N) is 4. The number of anilines is 2. The van der Waals surface area contributed by atoms with E-state index in [0.717, 1.165) is 55.6 Å². The van der Waals surface area contributed by atoms with E-state index < -0.39 is 56.6 Å². The number of carbonyl (C=O) groups excluding carboxylic acids is 4. The number of hydrogen-bond donors (Lipinski definition) is 0. The minimum absolute atomic E-state index is 0.298. The fraction of sp³-hybridized carbons (Fsp3) is 0.366. The quantitative estimate of drug-likeness (QED) is 0.0744. The van der Waals surface area contributed by atoms with Gasteiger partial charge in [0.1, 0.15) is 0 Å². The lowest BCUT2D eigenvalue weighted by Crippen LogP contribution is -2.44. The van der Waals surface area contributed by atoms with E-state index in [2.05, 4.69) is 211 Å². The molecule has 92 heavy (non-hydrogen) atoms. The molecule has 10 heteroatoms. The molecule has 0 saturated carbocycles. The molecule has 4 amide bonds. The molecule has 0 N–H and O–H groups in total. The molecule has 0 spiro atoms. The van der Waals surface area contributed by atoms with Crippen LogP contribution in [-0.2, 0) is 53.5 Å². The zero-order chi connectivity index (χ0) is 66.6. The van der Waals surface area contributed by atoms with E-state index in [1.54, 1.807) is 14.2 Å². The summed E-state index contributed by atoms with van der Waals surface area (Å²) in [4.78, 5) is 78.9. The predicted octanol–water partition coefficient (Wildman–Crippen LogP) is 18.0. The molecule has 4 aliphatic heterocycles. The molecule has 10 nitrogen and oxygen atoms in total. The van der Waals surface area contributed by atoms with Gasteiger partial charge in [0.05, 0.1) is 58.9 Å². The SMILES string of the molecule is CON1C(C)(C)c2ccc(C#Cc3cc4c5c(ccc6c7c(C#Cc8ccc9c(c8)C(C)(C)N(OC)C9(C)C)cc8c9c(ccc(c3c56)c97)C(=O)N(c3cc(C(C)(C)C)ccc3C(C)(C)C)C8=O)C(=O)N(c3cc(C(C)(C)C)ccc3C(C)(C)C)C4=O)cc2C1(C)C. The average Bonchev–Trinajstić information content (AvgIpc) is 1.02. The Labute approximate surface area is 542 Å². The molecule has 13 rings (SSSR count). The monoisotopic (exact) mass is 1220 g/mol. The fourth-order valence-corrected chi connectivity index (χ4v) is 16.1. The summed E-state index contributed by atoms with van der Waals surface area (Å²) < 4.78 is 0. The smallest absolute Gasteiger partial charge is 0.266 e. The first-order chi connectivity index (χ1) is 42.8. The van der Waals surface area contributed by atoms with Gasteiger partial charge in [0.25, 0.3) is 23.6 Å². The lowest BCUT2D eigenvalue weighted by atomic mass is 9.78. The zero-order valence-electron chi connectivity index (χ0n) is 57.6. The number of hydrogen-bond acceptors (Lipinski definition) is 8. The molecule has 0 bridgehead atoms. The largest absolute Gasteiger partial charge is 0.301 e. The van der Waals surface area contributed by atoms with Crippen molar-refractivity contribution in [1.29, 1.82) is 0 Å². The highest BCUT2D eigenvalue weighted by molar-refractivity contribution is 6.46. The lowest BCUT2D eigenvalue weighted by Gasteiger charge is -2.38. The predicted molar refractivity (Wildman–Crippen MR) is 372 cm³/mol. The normalized spacial score (nSPS) is 17.7. The Morgan fingerprint density at radius 3 is 1.00 bits per heavy atom. The van der Waals surface area contributed by atoms with Crippen LogP contribution in [0.5, 0.6) is 0 Å². The van der Waals surface area contributed by atoms with Gasteiger partial charge in [-0.15, -0.1) is 0 Å². The van der Waals surface area contributed by atoms with Crippen LogP contribution in [0.25, 0.3) is 43.1 Å². The van der Waals surface area contributed by atoms with Crippen molar-refractivity contribution in [3.05, 3.63) is 198 Å². The van der Waals surface area contributed by atoms with Crippen LogP contribution in [0.3, 0.4) is 0 Å². The Morgan fingerprint density at radius 1 is 0.337 bits per heavy atom. The van der Waals surface area contributed by atoms with E-state index in [0.29, 0.717) is 87.8 Å². The maximum absolute atomic E-state index is 16.1. The van der Waals surface area contributed by atoms with Crippen molar-refractivity contribution in [2.75, 3.05) is 24.0 Å². The van der Waals surface area contributed by atoms with Crippen LogP contribution >= 0.6 is 0 Å². The van der Waals surface area contributed by atoms with E-state index >= 15 is 19.2 Å². The maximum Gasteiger partial charge on any atom is 0.266 e. The van der Waals surface area contributed by atoms with Crippen LogP contribution < -0.4 is 9.80 Å². The summed E-state index contributed by atoms with van der Waals surface area (Å²) in [5.74, 6) is 12.7. The standard InChI is InChI=1S/C82H84N4O6/c1-75(2,3)49-29-37-59(77(7,8)9)63(43-49)83-71(87)53-33-31-51-66-48(28-24-46-26-36-58-62(40-46)82(19,20)86(92-22)80(58,15)16)42-56-68-54(72(88)84(74(56)90)64-44-50(76(4,5)6)30-38-60(64)78(10,11)12)34-32-52(70(66)68)65-47(41-55(73(83)89)67(53)69(51)65)27-23-45-25-35-57-61(39-45)81(17,18)85(91-21)79(57,13)14/h25-26,29-44H,1-22H3. The van der Waals surface area contributed by atoms with Gasteiger partial charge >= 0.3 is 0 Å². The first-order valence-corrected chi connectivity index (χ1v) is 32.2. The van der Waals surface area contributed by atoms with E-state index in [-0.39, 0.29) is 10.8 Å². The van der Waals surface area contributed by atoms with E-state index in [1.807, 2.05) is 70.8 Å². The molecule has 0 aromatic heterocycles. The van der Waals surface area contributed by atoms with Crippen LogP contribution in [0.2, 0.25) is 0 Å². The third-order valence-corrected chi connectivity index (χ3v) is 20.4. The molecule has 468 valence electrons. The number of amides is 4. The summed E-state index contributed by atoms with van der Waals surface area (Å²) >= 11 is 0. The molecule has 9 aromatic carbocycles. The van der Waals surface area contributed by atoms with Crippen LogP contribution in [0.1, 0.15) is 247 Å². The Morgan fingerprint density at radius 2 is 0.674 bits per heavy atom. The van der Waals surface area contributed by atoms with Gasteiger partial charge < -0.3 is 9.68 Å². The van der Waals surface area contributed by atoms with Gasteiger partial charge in [-0.25, -0.2) is 9.80 Å². The van der Waals surface area contributed by atoms with E-state index in [9.17, 15) is 0 Å². The van der Waals surface area contributed by atoms with E-state index in [1.165, 1.54) is 9.80 Å². The number of carbonyl (C=O) groups is 4. The molecule has 4 aliphatic rings. The fourth-order valence-electron chi connectivity index (χ4n) is 16.1.